The zero-order chi connectivity index (χ0) is 28.9. The van der Waals surface area contributed by atoms with Crippen LogP contribution < -0.4 is 14.9 Å². The molecule has 41 heavy (non-hydrogen) atoms. The lowest BCUT2D eigenvalue weighted by Gasteiger charge is -2.11. The van der Waals surface area contributed by atoms with E-state index in [4.69, 9.17) is 14.5 Å². The average Bonchev–Trinajstić information content (AvgIpc) is 2.97. The van der Waals surface area contributed by atoms with Crippen LogP contribution in [0.15, 0.2) is 105 Å². The zero-order valence-electron chi connectivity index (χ0n) is 22.0. The van der Waals surface area contributed by atoms with E-state index >= 15 is 0 Å². The van der Waals surface area contributed by atoms with Gasteiger partial charge >= 0.3 is 5.97 Å². The van der Waals surface area contributed by atoms with Crippen LogP contribution in [0.3, 0.4) is 0 Å². The quantitative estimate of drug-likeness (QED) is 0.0827. The summed E-state index contributed by atoms with van der Waals surface area (Å²) in [5, 5.41) is 4.90. The molecule has 0 aliphatic rings. The fourth-order valence-corrected chi connectivity index (χ4v) is 4.86. The zero-order valence-corrected chi connectivity index (χ0v) is 25.2. The second-order valence-electron chi connectivity index (χ2n) is 9.06. The summed E-state index contributed by atoms with van der Waals surface area (Å²) in [4.78, 5) is 30.7. The number of amides is 1. The molecule has 7 nitrogen and oxygen atoms in total. The van der Waals surface area contributed by atoms with Crippen LogP contribution in [0, 0.1) is 6.92 Å². The summed E-state index contributed by atoms with van der Waals surface area (Å²) >= 11 is 6.81. The molecule has 9 heteroatoms. The van der Waals surface area contributed by atoms with Gasteiger partial charge in [-0.15, -0.1) is 0 Å². The number of ether oxygens (including phenoxy) is 2. The van der Waals surface area contributed by atoms with Crippen molar-refractivity contribution in [1.29, 1.82) is 0 Å². The van der Waals surface area contributed by atoms with Crippen molar-refractivity contribution in [2.24, 2.45) is 5.10 Å². The number of aromatic nitrogens is 1. The summed E-state index contributed by atoms with van der Waals surface area (Å²) in [5.41, 5.74) is 7.40. The highest BCUT2D eigenvalue weighted by Crippen LogP contribution is 2.30. The van der Waals surface area contributed by atoms with E-state index in [-0.39, 0.29) is 11.7 Å². The smallest absolute Gasteiger partial charge is 0.344 e. The molecule has 1 amide bonds. The number of methoxy groups -OCH3 is 1. The number of nitrogens with zero attached hydrogens (tertiary/aromatic N) is 2. The van der Waals surface area contributed by atoms with Gasteiger partial charge in [-0.1, -0.05) is 51.8 Å². The van der Waals surface area contributed by atoms with Crippen molar-refractivity contribution in [3.63, 3.8) is 0 Å². The van der Waals surface area contributed by atoms with Crippen LogP contribution >= 0.6 is 31.9 Å². The molecule has 1 N–H and O–H groups in total. The molecule has 0 atom stereocenters. The minimum atomic E-state index is -0.522. The number of halogens is 2. The molecule has 0 saturated carbocycles. The van der Waals surface area contributed by atoms with Gasteiger partial charge in [0.1, 0.15) is 0 Å². The van der Waals surface area contributed by atoms with Crippen molar-refractivity contribution in [2.45, 2.75) is 6.92 Å². The number of hydrogen-bond acceptors (Lipinski definition) is 6. The molecule has 0 spiro atoms. The maximum Gasteiger partial charge on any atom is 0.344 e. The van der Waals surface area contributed by atoms with Crippen LogP contribution in [0.1, 0.15) is 31.8 Å². The van der Waals surface area contributed by atoms with Crippen LogP contribution in [0.4, 0.5) is 0 Å². The van der Waals surface area contributed by atoms with Gasteiger partial charge in [0, 0.05) is 19.9 Å². The minimum absolute atomic E-state index is 0.258. The van der Waals surface area contributed by atoms with E-state index < -0.39 is 5.97 Å². The number of esters is 1. The molecule has 0 aliphatic heterocycles. The van der Waals surface area contributed by atoms with E-state index in [2.05, 4.69) is 42.4 Å². The molecular weight excluding hydrogens is 650 g/mol. The van der Waals surface area contributed by atoms with Gasteiger partial charge in [0.15, 0.2) is 11.5 Å². The number of hydrazone groups is 1. The molecule has 1 aromatic heterocycles. The van der Waals surface area contributed by atoms with E-state index in [1.54, 1.807) is 42.5 Å². The monoisotopic (exact) mass is 671 g/mol. The molecule has 4 aromatic carbocycles. The summed E-state index contributed by atoms with van der Waals surface area (Å²) in [6.07, 6.45) is 1.49. The SMILES string of the molecule is COc1cc(C=NNC(=O)c2cc(-c3ccc(Br)cc3)nc3ccc(C)cc23)ccc1OC(=O)c1ccccc1Br. The first-order chi connectivity index (χ1) is 19.8. The van der Waals surface area contributed by atoms with Crippen molar-refractivity contribution in [3.05, 3.63) is 122 Å². The van der Waals surface area contributed by atoms with Crippen molar-refractivity contribution >= 4 is 60.9 Å². The average molecular weight is 673 g/mol. The molecule has 5 aromatic rings. The standard InChI is InChI=1S/C32H23Br2N3O4/c1-19-7-13-27-24(15-19)25(17-28(36-27)21-9-11-22(33)12-10-21)31(38)37-35-18-20-8-14-29(30(16-20)40-2)41-32(39)23-5-3-4-6-26(23)34/h3-18H,1-2H3,(H,37,38). The number of hydrogen-bond donors (Lipinski definition) is 1. The van der Waals surface area contributed by atoms with E-state index in [1.807, 2.05) is 55.5 Å². The summed E-state index contributed by atoms with van der Waals surface area (Å²) < 4.78 is 12.6. The predicted octanol–water partition coefficient (Wildman–Crippen LogP) is 7.73. The summed E-state index contributed by atoms with van der Waals surface area (Å²) in [6.45, 7) is 1.97. The highest BCUT2D eigenvalue weighted by molar-refractivity contribution is 9.10. The maximum atomic E-state index is 13.3. The Kier molecular flexibility index (Phi) is 8.56. The lowest BCUT2D eigenvalue weighted by atomic mass is 10.0. The van der Waals surface area contributed by atoms with E-state index in [1.165, 1.54) is 13.3 Å². The first-order valence-corrected chi connectivity index (χ1v) is 14.1. The molecule has 0 fully saturated rings. The number of rotatable bonds is 7. The topological polar surface area (TPSA) is 89.9 Å². The van der Waals surface area contributed by atoms with E-state index in [9.17, 15) is 9.59 Å². The molecule has 204 valence electrons. The van der Waals surface area contributed by atoms with Crippen LogP contribution in [-0.2, 0) is 0 Å². The highest BCUT2D eigenvalue weighted by atomic mass is 79.9. The van der Waals surface area contributed by atoms with Gasteiger partial charge in [-0.05, 0) is 89.1 Å². The third-order valence-electron chi connectivity index (χ3n) is 6.21. The number of aryl methyl sites for hydroxylation is 1. The Labute approximate surface area is 253 Å². The molecule has 0 saturated heterocycles. The van der Waals surface area contributed by atoms with Gasteiger partial charge in [0.25, 0.3) is 5.91 Å². The molecule has 1 heterocycles. The van der Waals surface area contributed by atoms with Crippen molar-refractivity contribution < 1.29 is 19.1 Å². The number of carbonyl (C=O) groups is 2. The molecule has 0 bridgehead atoms. The molecule has 0 unspecified atom stereocenters. The van der Waals surface area contributed by atoms with Gasteiger partial charge in [0.2, 0.25) is 0 Å². The second kappa shape index (κ2) is 12.4. The Morgan fingerprint density at radius 1 is 0.878 bits per heavy atom. The molecular formula is C32H23Br2N3O4. The van der Waals surface area contributed by atoms with Gasteiger partial charge in [-0.2, -0.15) is 5.10 Å². The van der Waals surface area contributed by atoms with Crippen LogP contribution in [-0.4, -0.2) is 30.2 Å². The van der Waals surface area contributed by atoms with Crippen LogP contribution in [0.5, 0.6) is 11.5 Å². The van der Waals surface area contributed by atoms with Crippen LogP contribution in [0.25, 0.3) is 22.2 Å². The number of fused-ring (bicyclic) bond motifs is 1. The first kappa shape index (κ1) is 28.2. The van der Waals surface area contributed by atoms with Gasteiger partial charge in [-0.25, -0.2) is 15.2 Å². The summed E-state index contributed by atoms with van der Waals surface area (Å²) in [6, 6.07) is 27.3. The van der Waals surface area contributed by atoms with Crippen molar-refractivity contribution in [3.8, 4) is 22.8 Å². The lowest BCUT2D eigenvalue weighted by molar-refractivity contribution is 0.0728. The molecule has 0 radical (unpaired) electrons. The molecule has 0 aliphatic carbocycles. The van der Waals surface area contributed by atoms with Crippen LogP contribution in [0.2, 0.25) is 0 Å². The number of nitrogens with one attached hydrogen (secondary N) is 1. The fraction of sp³-hybridized carbons (Fsp3) is 0.0625. The third kappa shape index (κ3) is 6.53. The summed E-state index contributed by atoms with van der Waals surface area (Å²) in [5.74, 6) is -0.292. The Morgan fingerprint density at radius 3 is 2.41 bits per heavy atom. The Bertz CT molecular complexity index is 1800. The largest absolute Gasteiger partial charge is 0.493 e. The third-order valence-corrected chi connectivity index (χ3v) is 7.43. The highest BCUT2D eigenvalue weighted by Gasteiger charge is 2.16. The second-order valence-corrected chi connectivity index (χ2v) is 10.8. The van der Waals surface area contributed by atoms with Crippen molar-refractivity contribution in [2.75, 3.05) is 7.11 Å². The summed E-state index contributed by atoms with van der Waals surface area (Å²) in [7, 11) is 1.48. The lowest BCUT2D eigenvalue weighted by Crippen LogP contribution is -2.18. The predicted molar refractivity (Wildman–Crippen MR) is 167 cm³/mol. The Hall–Kier alpha value is -4.34. The van der Waals surface area contributed by atoms with E-state index in [0.29, 0.717) is 38.1 Å². The number of carbonyl (C=O) groups excluding carboxylic acids is 2. The Balaban J connectivity index is 1.36. The maximum absolute atomic E-state index is 13.3. The normalized spacial score (nSPS) is 11.0. The van der Waals surface area contributed by atoms with E-state index in [0.717, 1.165) is 21.0 Å². The number of benzene rings is 4. The minimum Gasteiger partial charge on any atom is -0.493 e. The van der Waals surface area contributed by atoms with Gasteiger partial charge < -0.3 is 9.47 Å². The van der Waals surface area contributed by atoms with Crippen molar-refractivity contribution in [1.82, 2.24) is 10.4 Å². The van der Waals surface area contributed by atoms with Gasteiger partial charge in [0.05, 0.1) is 35.7 Å². The fourth-order valence-electron chi connectivity index (χ4n) is 4.15. The molecule has 5 rings (SSSR count). The number of pyridine rings is 1. The first-order valence-electron chi connectivity index (χ1n) is 12.5. The Morgan fingerprint density at radius 2 is 1.66 bits per heavy atom. The van der Waals surface area contributed by atoms with Gasteiger partial charge in [-0.3, -0.25) is 4.79 Å².